The van der Waals surface area contributed by atoms with Crippen LogP contribution in [0.5, 0.6) is 0 Å². The zero-order chi connectivity index (χ0) is 13.5. The molecule has 0 aliphatic rings. The first kappa shape index (κ1) is 14.9. The van der Waals surface area contributed by atoms with Crippen molar-refractivity contribution in [2.75, 3.05) is 25.0 Å². The Balaban J connectivity index is 2.72. The quantitative estimate of drug-likeness (QED) is 0.778. The molecule has 0 saturated carbocycles. The Labute approximate surface area is 110 Å². The van der Waals surface area contributed by atoms with E-state index in [2.05, 4.69) is 36.3 Å². The van der Waals surface area contributed by atoms with Crippen LogP contribution in [-0.4, -0.2) is 36.3 Å². The van der Waals surface area contributed by atoms with Crippen LogP contribution in [0.4, 0.5) is 5.69 Å². The topological polar surface area (TPSA) is 48.4 Å². The molecule has 4 heteroatoms. The number of pyridine rings is 1. The van der Waals surface area contributed by atoms with E-state index in [4.69, 9.17) is 0 Å². The van der Waals surface area contributed by atoms with E-state index in [9.17, 15) is 5.11 Å². The van der Waals surface area contributed by atoms with Gasteiger partial charge in [0.2, 0.25) is 0 Å². The summed E-state index contributed by atoms with van der Waals surface area (Å²) >= 11 is 0. The van der Waals surface area contributed by atoms with E-state index in [1.807, 2.05) is 18.1 Å². The van der Waals surface area contributed by atoms with Crippen LogP contribution in [0, 0.1) is 0 Å². The molecule has 2 N–H and O–H groups in total. The van der Waals surface area contributed by atoms with Crippen molar-refractivity contribution in [3.05, 3.63) is 24.0 Å². The minimum absolute atomic E-state index is 0.325. The Bertz CT molecular complexity index is 337. The van der Waals surface area contributed by atoms with Crippen molar-refractivity contribution in [2.24, 2.45) is 0 Å². The van der Waals surface area contributed by atoms with Crippen LogP contribution in [0.2, 0.25) is 0 Å². The fourth-order valence-electron chi connectivity index (χ4n) is 2.04. The van der Waals surface area contributed by atoms with Gasteiger partial charge in [-0.05, 0) is 32.0 Å². The first-order valence-corrected chi connectivity index (χ1v) is 6.67. The van der Waals surface area contributed by atoms with Crippen LogP contribution < -0.4 is 10.2 Å². The molecule has 0 aromatic carbocycles. The molecule has 0 spiro atoms. The van der Waals surface area contributed by atoms with Crippen LogP contribution >= 0.6 is 0 Å². The van der Waals surface area contributed by atoms with Crippen molar-refractivity contribution in [3.63, 3.8) is 0 Å². The summed E-state index contributed by atoms with van der Waals surface area (Å²) in [6.45, 7) is 7.61. The molecular formula is C14H25N3O. The van der Waals surface area contributed by atoms with Gasteiger partial charge >= 0.3 is 0 Å². The lowest BCUT2D eigenvalue weighted by Gasteiger charge is -2.21. The summed E-state index contributed by atoms with van der Waals surface area (Å²) in [7, 11) is 1.96. The van der Waals surface area contributed by atoms with Gasteiger partial charge in [0, 0.05) is 19.6 Å². The highest BCUT2D eigenvalue weighted by atomic mass is 16.3. The molecule has 1 rings (SSSR count). The van der Waals surface area contributed by atoms with E-state index >= 15 is 0 Å². The third kappa shape index (κ3) is 4.27. The molecule has 0 fully saturated rings. The smallest absolute Gasteiger partial charge is 0.0686 e. The van der Waals surface area contributed by atoms with E-state index in [0.717, 1.165) is 24.3 Å². The number of likely N-dealkylation sites (N-methyl/N-ethyl adjacent to an activating group) is 1. The van der Waals surface area contributed by atoms with Crippen molar-refractivity contribution >= 4 is 5.69 Å². The largest absolute Gasteiger partial charge is 0.392 e. The zero-order valence-electron chi connectivity index (χ0n) is 11.8. The molecule has 18 heavy (non-hydrogen) atoms. The second-order valence-electron chi connectivity index (χ2n) is 4.69. The highest BCUT2D eigenvalue weighted by Gasteiger charge is 2.10. The van der Waals surface area contributed by atoms with Gasteiger partial charge in [-0.3, -0.25) is 4.98 Å². The van der Waals surface area contributed by atoms with E-state index in [1.165, 1.54) is 0 Å². The van der Waals surface area contributed by atoms with Crippen molar-refractivity contribution in [2.45, 2.75) is 39.3 Å². The molecule has 0 bridgehead atoms. The predicted molar refractivity (Wildman–Crippen MR) is 75.9 cm³/mol. The Kier molecular flexibility index (Phi) is 6.09. The number of aliphatic hydroxyl groups is 1. The van der Waals surface area contributed by atoms with Gasteiger partial charge in [-0.15, -0.1) is 0 Å². The molecule has 2 unspecified atom stereocenters. The standard InChI is InChI=1S/C14H25N3O/c1-5-13(15-6-2)14-8-7-12(9-16-14)17(4)10-11(3)18/h7-9,11,13,15,18H,5-6,10H2,1-4H3. The molecule has 0 saturated heterocycles. The number of hydrogen-bond acceptors (Lipinski definition) is 4. The number of anilines is 1. The zero-order valence-corrected chi connectivity index (χ0v) is 11.8. The van der Waals surface area contributed by atoms with Crippen molar-refractivity contribution in [1.82, 2.24) is 10.3 Å². The van der Waals surface area contributed by atoms with Crippen LogP contribution in [0.1, 0.15) is 38.9 Å². The van der Waals surface area contributed by atoms with E-state index in [1.54, 1.807) is 6.92 Å². The van der Waals surface area contributed by atoms with Gasteiger partial charge in [0.05, 0.1) is 23.7 Å². The molecule has 1 heterocycles. The number of nitrogens with zero attached hydrogens (tertiary/aromatic N) is 2. The maximum atomic E-state index is 9.36. The number of hydrogen-bond donors (Lipinski definition) is 2. The van der Waals surface area contributed by atoms with E-state index in [0.29, 0.717) is 12.6 Å². The van der Waals surface area contributed by atoms with Crippen LogP contribution in [0.15, 0.2) is 18.3 Å². The van der Waals surface area contributed by atoms with Gasteiger partial charge in [0.1, 0.15) is 0 Å². The SMILES string of the molecule is CCNC(CC)c1ccc(N(C)CC(C)O)cn1. The fourth-order valence-corrected chi connectivity index (χ4v) is 2.04. The van der Waals surface area contributed by atoms with Crippen LogP contribution in [0.3, 0.4) is 0 Å². The summed E-state index contributed by atoms with van der Waals surface area (Å²) in [5.41, 5.74) is 2.11. The number of rotatable bonds is 7. The predicted octanol–water partition coefficient (Wildman–Crippen LogP) is 1.96. The summed E-state index contributed by atoms with van der Waals surface area (Å²) in [4.78, 5) is 6.52. The molecule has 2 atom stereocenters. The fraction of sp³-hybridized carbons (Fsp3) is 0.643. The van der Waals surface area contributed by atoms with Crippen molar-refractivity contribution in [3.8, 4) is 0 Å². The van der Waals surface area contributed by atoms with Gasteiger partial charge in [-0.1, -0.05) is 13.8 Å². The molecular weight excluding hydrogens is 226 g/mol. The van der Waals surface area contributed by atoms with Crippen LogP contribution in [-0.2, 0) is 0 Å². The van der Waals surface area contributed by atoms with Crippen molar-refractivity contribution < 1.29 is 5.11 Å². The minimum atomic E-state index is -0.333. The minimum Gasteiger partial charge on any atom is -0.392 e. The first-order chi connectivity index (χ1) is 8.58. The third-order valence-electron chi connectivity index (χ3n) is 2.97. The molecule has 0 radical (unpaired) electrons. The lowest BCUT2D eigenvalue weighted by Crippen LogP contribution is -2.27. The number of nitrogens with one attached hydrogen (secondary N) is 1. The van der Waals surface area contributed by atoms with Gasteiger partial charge in [0.15, 0.2) is 0 Å². The average molecular weight is 251 g/mol. The molecule has 4 nitrogen and oxygen atoms in total. The van der Waals surface area contributed by atoms with Crippen molar-refractivity contribution in [1.29, 1.82) is 0 Å². The second kappa shape index (κ2) is 7.34. The van der Waals surface area contributed by atoms with Gasteiger partial charge in [-0.2, -0.15) is 0 Å². The Hall–Kier alpha value is -1.13. The maximum absolute atomic E-state index is 9.36. The summed E-state index contributed by atoms with van der Waals surface area (Å²) in [6.07, 6.45) is 2.57. The molecule has 0 amide bonds. The third-order valence-corrected chi connectivity index (χ3v) is 2.97. The van der Waals surface area contributed by atoms with E-state index < -0.39 is 0 Å². The summed E-state index contributed by atoms with van der Waals surface area (Å²) in [5.74, 6) is 0. The lowest BCUT2D eigenvalue weighted by atomic mass is 10.1. The highest BCUT2D eigenvalue weighted by molar-refractivity contribution is 5.44. The number of aliphatic hydroxyl groups excluding tert-OH is 1. The first-order valence-electron chi connectivity index (χ1n) is 6.67. The summed E-state index contributed by atoms with van der Waals surface area (Å²) in [6, 6.07) is 4.45. The molecule has 1 aromatic heterocycles. The Morgan fingerprint density at radius 2 is 2.11 bits per heavy atom. The molecule has 0 aliphatic heterocycles. The molecule has 1 aromatic rings. The number of aromatic nitrogens is 1. The summed E-state index contributed by atoms with van der Waals surface area (Å²) < 4.78 is 0. The molecule has 0 aliphatic carbocycles. The van der Waals surface area contributed by atoms with Crippen LogP contribution in [0.25, 0.3) is 0 Å². The lowest BCUT2D eigenvalue weighted by molar-refractivity contribution is 0.201. The normalized spacial score (nSPS) is 14.3. The van der Waals surface area contributed by atoms with Gasteiger partial charge < -0.3 is 15.3 Å². The molecule has 102 valence electrons. The Morgan fingerprint density at radius 3 is 2.56 bits per heavy atom. The monoisotopic (exact) mass is 251 g/mol. The summed E-state index contributed by atoms with van der Waals surface area (Å²) in [5, 5.41) is 12.8. The van der Waals surface area contributed by atoms with E-state index in [-0.39, 0.29) is 6.10 Å². The Morgan fingerprint density at radius 1 is 1.39 bits per heavy atom. The van der Waals surface area contributed by atoms with Gasteiger partial charge in [0.25, 0.3) is 0 Å². The highest BCUT2D eigenvalue weighted by Crippen LogP contribution is 2.17. The maximum Gasteiger partial charge on any atom is 0.0686 e. The second-order valence-corrected chi connectivity index (χ2v) is 4.69. The average Bonchev–Trinajstić information content (AvgIpc) is 2.35. The van der Waals surface area contributed by atoms with Gasteiger partial charge in [-0.25, -0.2) is 0 Å².